The molecule has 0 atom stereocenters. The summed E-state index contributed by atoms with van der Waals surface area (Å²) in [4.78, 5) is 27.0. The van der Waals surface area contributed by atoms with Crippen molar-refractivity contribution in [2.75, 3.05) is 5.32 Å². The van der Waals surface area contributed by atoms with Gasteiger partial charge in [0.05, 0.1) is 15.1 Å². The Labute approximate surface area is 148 Å². The quantitative estimate of drug-likeness (QED) is 0.516. The van der Waals surface area contributed by atoms with Crippen LogP contribution in [0.2, 0.25) is 0 Å². The molecule has 1 N–H and O–H groups in total. The van der Waals surface area contributed by atoms with Crippen LogP contribution in [0.5, 0.6) is 5.75 Å². The lowest BCUT2D eigenvalue weighted by atomic mass is 10.3. The highest BCUT2D eigenvalue weighted by Crippen LogP contribution is 2.30. The van der Waals surface area contributed by atoms with E-state index in [9.17, 15) is 23.7 Å². The van der Waals surface area contributed by atoms with Gasteiger partial charge in [0, 0.05) is 6.54 Å². The molecule has 0 fully saturated rings. The Morgan fingerprint density at radius 1 is 1.50 bits per heavy atom. The van der Waals surface area contributed by atoms with E-state index in [0.29, 0.717) is 10.2 Å². The van der Waals surface area contributed by atoms with Gasteiger partial charge in [-0.2, -0.15) is 13.9 Å². The number of thiazole rings is 1. The fourth-order valence-electron chi connectivity index (χ4n) is 2.27. The summed E-state index contributed by atoms with van der Waals surface area (Å²) in [6.07, 6.45) is 1.00. The molecule has 0 bridgehead atoms. The number of benzene rings is 1. The molecule has 3 rings (SSSR count). The molecule has 0 aliphatic heterocycles. The average Bonchev–Trinajstić information content (AvgIpc) is 3.16. The summed E-state index contributed by atoms with van der Waals surface area (Å²) in [5, 5.41) is 17.5. The van der Waals surface area contributed by atoms with E-state index in [1.165, 1.54) is 22.9 Å². The van der Waals surface area contributed by atoms with Crippen molar-refractivity contribution < 1.29 is 23.2 Å². The lowest BCUT2D eigenvalue weighted by molar-refractivity contribution is -0.385. The number of halogens is 2. The topological polar surface area (TPSA) is 112 Å². The zero-order valence-corrected chi connectivity index (χ0v) is 14.0. The van der Waals surface area contributed by atoms with Gasteiger partial charge in [-0.1, -0.05) is 11.3 Å². The molecule has 3 aromatic rings. The zero-order valence-electron chi connectivity index (χ0n) is 13.2. The van der Waals surface area contributed by atoms with Crippen molar-refractivity contribution in [2.24, 2.45) is 0 Å². The Bertz CT molecular complexity index is 987. The lowest BCUT2D eigenvalue weighted by Gasteiger charge is -2.03. The van der Waals surface area contributed by atoms with Gasteiger partial charge in [-0.15, -0.1) is 0 Å². The number of alkyl halides is 2. The van der Waals surface area contributed by atoms with Crippen molar-refractivity contribution in [1.82, 2.24) is 14.8 Å². The molecule has 0 saturated heterocycles. The smallest absolute Gasteiger partial charge is 0.387 e. The molecule has 136 valence electrons. The van der Waals surface area contributed by atoms with Crippen LogP contribution in [0, 0.1) is 10.1 Å². The van der Waals surface area contributed by atoms with E-state index in [1.54, 1.807) is 6.92 Å². The van der Waals surface area contributed by atoms with Crippen LogP contribution in [0.4, 0.5) is 19.6 Å². The number of hydrogen-bond donors (Lipinski definition) is 1. The Morgan fingerprint density at radius 2 is 2.27 bits per heavy atom. The van der Waals surface area contributed by atoms with E-state index < -0.39 is 23.1 Å². The number of ether oxygens (including phenoxy) is 1. The number of rotatable bonds is 6. The van der Waals surface area contributed by atoms with Gasteiger partial charge >= 0.3 is 12.3 Å². The maximum absolute atomic E-state index is 12.4. The number of fused-ring (bicyclic) bond motifs is 1. The fourth-order valence-corrected chi connectivity index (χ4v) is 3.16. The number of nitrogens with one attached hydrogen (secondary N) is 1. The summed E-state index contributed by atoms with van der Waals surface area (Å²) in [5.74, 6) is -0.770. The van der Waals surface area contributed by atoms with Crippen LogP contribution in [0.1, 0.15) is 17.4 Å². The van der Waals surface area contributed by atoms with E-state index in [2.05, 4.69) is 20.1 Å². The Kier molecular flexibility index (Phi) is 4.75. The van der Waals surface area contributed by atoms with Gasteiger partial charge in [0.15, 0.2) is 5.13 Å². The van der Waals surface area contributed by atoms with E-state index in [1.807, 2.05) is 0 Å². The standard InChI is InChI=1S/C14H11F2N5O4S/c1-2-20-11(9(6-17-20)21(23)24)12(22)19-14-18-8-4-3-7(25-13(15)16)5-10(8)26-14/h3-6,13H,2H2,1H3,(H,18,19,22). The van der Waals surface area contributed by atoms with Crippen molar-refractivity contribution >= 4 is 38.3 Å². The Hall–Kier alpha value is -3.15. The third-order valence-corrected chi connectivity index (χ3v) is 4.27. The molecule has 2 heterocycles. The highest BCUT2D eigenvalue weighted by molar-refractivity contribution is 7.22. The number of aromatic nitrogens is 3. The summed E-state index contributed by atoms with van der Waals surface area (Å²) in [7, 11) is 0. The van der Waals surface area contributed by atoms with Crippen LogP contribution in [0.3, 0.4) is 0 Å². The molecule has 26 heavy (non-hydrogen) atoms. The molecule has 0 aliphatic rings. The minimum atomic E-state index is -2.95. The molecule has 1 amide bonds. The first kappa shape index (κ1) is 17.7. The second-order valence-electron chi connectivity index (χ2n) is 4.93. The van der Waals surface area contributed by atoms with Gasteiger partial charge in [-0.05, 0) is 25.1 Å². The van der Waals surface area contributed by atoms with Crippen molar-refractivity contribution in [1.29, 1.82) is 0 Å². The molecule has 9 nitrogen and oxygen atoms in total. The van der Waals surface area contributed by atoms with Crippen LogP contribution in [0.15, 0.2) is 24.4 Å². The van der Waals surface area contributed by atoms with Crippen molar-refractivity contribution in [3.63, 3.8) is 0 Å². The molecular formula is C14H11F2N5O4S. The van der Waals surface area contributed by atoms with E-state index in [-0.39, 0.29) is 23.1 Å². The normalized spacial score (nSPS) is 11.1. The van der Waals surface area contributed by atoms with Crippen LogP contribution in [0.25, 0.3) is 10.2 Å². The number of nitro groups is 1. The predicted octanol–water partition coefficient (Wildman–Crippen LogP) is 3.27. The predicted molar refractivity (Wildman–Crippen MR) is 88.8 cm³/mol. The molecule has 0 aliphatic carbocycles. The first-order valence-electron chi connectivity index (χ1n) is 7.26. The van der Waals surface area contributed by atoms with Gasteiger partial charge < -0.3 is 4.74 Å². The minimum absolute atomic E-state index is 0.0336. The molecule has 12 heteroatoms. The molecule has 2 aromatic heterocycles. The minimum Gasteiger partial charge on any atom is -0.435 e. The van der Waals surface area contributed by atoms with Gasteiger partial charge in [0.2, 0.25) is 5.69 Å². The monoisotopic (exact) mass is 383 g/mol. The van der Waals surface area contributed by atoms with Crippen LogP contribution >= 0.6 is 11.3 Å². The van der Waals surface area contributed by atoms with E-state index >= 15 is 0 Å². The molecule has 0 saturated carbocycles. The first-order valence-corrected chi connectivity index (χ1v) is 8.07. The number of anilines is 1. The first-order chi connectivity index (χ1) is 12.4. The van der Waals surface area contributed by atoms with Gasteiger partial charge in [-0.3, -0.25) is 24.9 Å². The van der Waals surface area contributed by atoms with Crippen LogP contribution < -0.4 is 10.1 Å². The number of carbonyl (C=O) groups excluding carboxylic acids is 1. The van der Waals surface area contributed by atoms with Crippen molar-refractivity contribution in [3.05, 3.63) is 40.2 Å². The SMILES string of the molecule is CCn1ncc([N+](=O)[O-])c1C(=O)Nc1nc2ccc(OC(F)F)cc2s1. The number of amides is 1. The maximum atomic E-state index is 12.4. The van der Waals surface area contributed by atoms with E-state index in [4.69, 9.17) is 0 Å². The lowest BCUT2D eigenvalue weighted by Crippen LogP contribution is -2.18. The third kappa shape index (κ3) is 3.44. The van der Waals surface area contributed by atoms with Gasteiger partial charge in [-0.25, -0.2) is 4.98 Å². The molecule has 0 radical (unpaired) electrons. The highest BCUT2D eigenvalue weighted by atomic mass is 32.1. The van der Waals surface area contributed by atoms with Crippen molar-refractivity contribution in [3.8, 4) is 5.75 Å². The van der Waals surface area contributed by atoms with Gasteiger partial charge in [0.25, 0.3) is 5.91 Å². The Morgan fingerprint density at radius 3 is 2.92 bits per heavy atom. The zero-order chi connectivity index (χ0) is 18.8. The number of aryl methyl sites for hydroxylation is 1. The summed E-state index contributed by atoms with van der Waals surface area (Å²) in [5.41, 5.74) is -0.151. The fraction of sp³-hybridized carbons (Fsp3) is 0.214. The molecule has 0 unspecified atom stereocenters. The summed E-state index contributed by atoms with van der Waals surface area (Å²) in [6, 6.07) is 4.17. The second-order valence-corrected chi connectivity index (χ2v) is 5.96. The number of nitrogens with zero attached hydrogens (tertiary/aromatic N) is 4. The maximum Gasteiger partial charge on any atom is 0.387 e. The Balaban J connectivity index is 1.88. The number of carbonyl (C=O) groups is 1. The highest BCUT2D eigenvalue weighted by Gasteiger charge is 2.27. The van der Waals surface area contributed by atoms with Crippen molar-refractivity contribution in [2.45, 2.75) is 20.1 Å². The summed E-state index contributed by atoms with van der Waals surface area (Å²) in [6.45, 7) is -0.991. The molecule has 1 aromatic carbocycles. The third-order valence-electron chi connectivity index (χ3n) is 3.34. The number of hydrogen-bond acceptors (Lipinski definition) is 7. The summed E-state index contributed by atoms with van der Waals surface area (Å²) < 4.78 is 30.6. The second kappa shape index (κ2) is 7.00. The molecule has 0 spiro atoms. The summed E-state index contributed by atoms with van der Waals surface area (Å²) >= 11 is 1.02. The van der Waals surface area contributed by atoms with Gasteiger partial charge in [0.1, 0.15) is 11.9 Å². The molecular weight excluding hydrogens is 372 g/mol. The van der Waals surface area contributed by atoms with Crippen LogP contribution in [-0.4, -0.2) is 32.2 Å². The van der Waals surface area contributed by atoms with E-state index in [0.717, 1.165) is 17.5 Å². The van der Waals surface area contributed by atoms with Crippen LogP contribution in [-0.2, 0) is 6.54 Å². The average molecular weight is 383 g/mol. The largest absolute Gasteiger partial charge is 0.435 e.